The summed E-state index contributed by atoms with van der Waals surface area (Å²) in [6.07, 6.45) is 4.01. The fraction of sp³-hybridized carbons (Fsp3) is 0.714. The molecule has 7 heteroatoms. The molecule has 2 rings (SSSR count). The monoisotopic (exact) mass is 295 g/mol. The number of nitrogens with zero attached hydrogens (tertiary/aromatic N) is 2. The van der Waals surface area contributed by atoms with Crippen molar-refractivity contribution in [3.05, 3.63) is 11.9 Å². The zero-order chi connectivity index (χ0) is 15.1. The van der Waals surface area contributed by atoms with Gasteiger partial charge < -0.3 is 20.6 Å². The number of ether oxygens (including phenoxy) is 1. The maximum atomic E-state index is 9.99. The van der Waals surface area contributed by atoms with Gasteiger partial charge in [0, 0.05) is 25.1 Å². The Balaban J connectivity index is 1.97. The van der Waals surface area contributed by atoms with Crippen molar-refractivity contribution in [3.8, 4) is 0 Å². The van der Waals surface area contributed by atoms with Gasteiger partial charge in [0.2, 0.25) is 0 Å². The van der Waals surface area contributed by atoms with Gasteiger partial charge in [-0.05, 0) is 19.8 Å². The third kappa shape index (κ3) is 4.80. The summed E-state index contributed by atoms with van der Waals surface area (Å²) in [6.45, 7) is 3.60. The largest absolute Gasteiger partial charge is 0.393 e. The highest BCUT2D eigenvalue weighted by Gasteiger charge is 2.22. The predicted molar refractivity (Wildman–Crippen MR) is 81.6 cm³/mol. The van der Waals surface area contributed by atoms with Gasteiger partial charge in [0.05, 0.1) is 6.10 Å². The molecule has 1 aliphatic carbocycles. The van der Waals surface area contributed by atoms with E-state index in [9.17, 15) is 5.11 Å². The smallest absolute Gasteiger partial charge is 0.158 e. The molecule has 0 saturated heterocycles. The van der Waals surface area contributed by atoms with E-state index in [2.05, 4.69) is 20.7 Å². The first-order valence-corrected chi connectivity index (χ1v) is 7.57. The zero-order valence-electron chi connectivity index (χ0n) is 12.5. The molecule has 1 fully saturated rings. The third-order valence-corrected chi connectivity index (χ3v) is 3.77. The number of rotatable bonds is 7. The van der Waals surface area contributed by atoms with E-state index >= 15 is 0 Å². The molecular formula is C14H25N5O2. The van der Waals surface area contributed by atoms with Crippen LogP contribution in [0, 0.1) is 5.92 Å². The molecular weight excluding hydrogens is 270 g/mol. The lowest BCUT2D eigenvalue weighted by molar-refractivity contribution is 0.0763. The Bertz CT molecular complexity index is 443. The second-order valence-corrected chi connectivity index (χ2v) is 5.33. The molecule has 7 nitrogen and oxygen atoms in total. The van der Waals surface area contributed by atoms with Gasteiger partial charge in [-0.15, -0.1) is 0 Å². The number of aromatic nitrogens is 2. The molecule has 1 aromatic heterocycles. The molecule has 0 amide bonds. The number of aliphatic hydroxyl groups excluding tert-OH is 1. The van der Waals surface area contributed by atoms with Crippen molar-refractivity contribution < 1.29 is 9.84 Å². The molecule has 0 spiro atoms. The molecule has 1 aliphatic rings. The zero-order valence-corrected chi connectivity index (χ0v) is 12.5. The molecule has 1 aromatic rings. The van der Waals surface area contributed by atoms with Crippen LogP contribution in [0.25, 0.3) is 0 Å². The number of hydrogen-bond donors (Lipinski definition) is 4. The number of nitrogens with two attached hydrogens (primary N) is 1. The summed E-state index contributed by atoms with van der Waals surface area (Å²) in [6, 6.07) is 1.75. The van der Waals surface area contributed by atoms with E-state index < -0.39 is 0 Å². The first-order valence-electron chi connectivity index (χ1n) is 7.57. The standard InChI is InChI=1S/C14H25N5O2/c1-2-21-9-14-17-12(7-13(18-14)19-15)16-8-10-5-3-4-6-11(10)20/h7,10-11,20H,2-6,8-9,15H2,1H3,(H2,16,17,18,19). The molecule has 0 bridgehead atoms. The fourth-order valence-corrected chi connectivity index (χ4v) is 2.58. The van der Waals surface area contributed by atoms with Crippen LogP contribution >= 0.6 is 0 Å². The van der Waals surface area contributed by atoms with Gasteiger partial charge in [0.25, 0.3) is 0 Å². The van der Waals surface area contributed by atoms with Crippen molar-refractivity contribution in [3.63, 3.8) is 0 Å². The number of nitrogen functional groups attached to an aromatic ring is 1. The Morgan fingerprint density at radius 2 is 2.10 bits per heavy atom. The summed E-state index contributed by atoms with van der Waals surface area (Å²) in [5, 5.41) is 13.3. The Labute approximate surface area is 125 Å². The first kappa shape index (κ1) is 15.9. The van der Waals surface area contributed by atoms with E-state index in [0.717, 1.165) is 19.3 Å². The quantitative estimate of drug-likeness (QED) is 0.443. The van der Waals surface area contributed by atoms with Gasteiger partial charge in [-0.1, -0.05) is 12.8 Å². The Kier molecular flexibility index (Phi) is 6.16. The van der Waals surface area contributed by atoms with Gasteiger partial charge in [-0.3, -0.25) is 0 Å². The summed E-state index contributed by atoms with van der Waals surface area (Å²) in [5.41, 5.74) is 2.53. The minimum absolute atomic E-state index is 0.219. The van der Waals surface area contributed by atoms with E-state index in [0.29, 0.717) is 37.2 Å². The summed E-state index contributed by atoms with van der Waals surface area (Å²) in [5.74, 6) is 7.53. The number of hydrazine groups is 1. The molecule has 0 radical (unpaired) electrons. The minimum atomic E-state index is -0.219. The van der Waals surface area contributed by atoms with E-state index in [1.165, 1.54) is 6.42 Å². The molecule has 2 unspecified atom stereocenters. The highest BCUT2D eigenvalue weighted by Crippen LogP contribution is 2.24. The molecule has 1 heterocycles. The predicted octanol–water partition coefficient (Wildman–Crippen LogP) is 1.26. The van der Waals surface area contributed by atoms with Crippen molar-refractivity contribution in [1.82, 2.24) is 9.97 Å². The summed E-state index contributed by atoms with van der Waals surface area (Å²) in [4.78, 5) is 8.64. The summed E-state index contributed by atoms with van der Waals surface area (Å²) < 4.78 is 5.32. The molecule has 118 valence electrons. The number of nitrogens with one attached hydrogen (secondary N) is 2. The van der Waals surface area contributed by atoms with Gasteiger partial charge in [-0.25, -0.2) is 15.8 Å². The van der Waals surface area contributed by atoms with Crippen LogP contribution in [-0.4, -0.2) is 34.3 Å². The minimum Gasteiger partial charge on any atom is -0.393 e. The number of hydrogen-bond acceptors (Lipinski definition) is 7. The second-order valence-electron chi connectivity index (χ2n) is 5.33. The maximum absolute atomic E-state index is 9.99. The Morgan fingerprint density at radius 1 is 1.33 bits per heavy atom. The Morgan fingerprint density at radius 3 is 2.81 bits per heavy atom. The van der Waals surface area contributed by atoms with Crippen LogP contribution in [0.4, 0.5) is 11.6 Å². The highest BCUT2D eigenvalue weighted by atomic mass is 16.5. The summed E-state index contributed by atoms with van der Waals surface area (Å²) in [7, 11) is 0. The molecule has 1 saturated carbocycles. The lowest BCUT2D eigenvalue weighted by Crippen LogP contribution is -2.30. The lowest BCUT2D eigenvalue weighted by Gasteiger charge is -2.27. The van der Waals surface area contributed by atoms with Gasteiger partial charge in [0.15, 0.2) is 5.82 Å². The maximum Gasteiger partial charge on any atom is 0.158 e. The number of aliphatic hydroxyl groups is 1. The molecule has 21 heavy (non-hydrogen) atoms. The van der Waals surface area contributed by atoms with Gasteiger partial charge >= 0.3 is 0 Å². The molecule has 0 aromatic carbocycles. The van der Waals surface area contributed by atoms with E-state index in [1.807, 2.05) is 6.92 Å². The molecule has 5 N–H and O–H groups in total. The van der Waals surface area contributed by atoms with Crippen LogP contribution in [0.5, 0.6) is 0 Å². The van der Waals surface area contributed by atoms with Gasteiger partial charge in [-0.2, -0.15) is 0 Å². The highest BCUT2D eigenvalue weighted by molar-refractivity contribution is 5.46. The van der Waals surface area contributed by atoms with Crippen LogP contribution in [-0.2, 0) is 11.3 Å². The lowest BCUT2D eigenvalue weighted by atomic mass is 9.86. The topological polar surface area (TPSA) is 105 Å². The normalized spacial score (nSPS) is 22.0. The number of anilines is 2. The Hall–Kier alpha value is -1.44. The van der Waals surface area contributed by atoms with Crippen molar-refractivity contribution in [2.75, 3.05) is 23.9 Å². The fourth-order valence-electron chi connectivity index (χ4n) is 2.58. The summed E-state index contributed by atoms with van der Waals surface area (Å²) >= 11 is 0. The third-order valence-electron chi connectivity index (χ3n) is 3.77. The molecule has 0 aliphatic heterocycles. The van der Waals surface area contributed by atoms with Crippen LogP contribution in [0.15, 0.2) is 6.07 Å². The first-order chi connectivity index (χ1) is 10.2. The average molecular weight is 295 g/mol. The SMILES string of the molecule is CCOCc1nc(NN)cc(NCC2CCCCC2O)n1. The second kappa shape index (κ2) is 8.11. The van der Waals surface area contributed by atoms with E-state index in [1.54, 1.807) is 6.07 Å². The van der Waals surface area contributed by atoms with Crippen molar-refractivity contribution in [2.45, 2.75) is 45.3 Å². The van der Waals surface area contributed by atoms with E-state index in [4.69, 9.17) is 10.6 Å². The van der Waals surface area contributed by atoms with E-state index in [-0.39, 0.29) is 12.0 Å². The van der Waals surface area contributed by atoms with Crippen molar-refractivity contribution >= 4 is 11.6 Å². The molecule has 2 atom stereocenters. The van der Waals surface area contributed by atoms with Crippen molar-refractivity contribution in [2.24, 2.45) is 11.8 Å². The van der Waals surface area contributed by atoms with Crippen LogP contribution in [0.1, 0.15) is 38.4 Å². The van der Waals surface area contributed by atoms with Gasteiger partial charge in [0.1, 0.15) is 18.2 Å². The average Bonchev–Trinajstić information content (AvgIpc) is 2.52. The van der Waals surface area contributed by atoms with Crippen LogP contribution in [0.3, 0.4) is 0 Å². The van der Waals surface area contributed by atoms with Crippen LogP contribution < -0.4 is 16.6 Å². The van der Waals surface area contributed by atoms with Crippen molar-refractivity contribution in [1.29, 1.82) is 0 Å². The van der Waals surface area contributed by atoms with Crippen LogP contribution in [0.2, 0.25) is 0 Å².